The first-order valence-electron chi connectivity index (χ1n) is 7.30. The normalized spacial score (nSPS) is 14.4. The number of imidazole rings is 1. The van der Waals surface area contributed by atoms with Crippen LogP contribution in [0.15, 0.2) is 42.6 Å². The van der Waals surface area contributed by atoms with Gasteiger partial charge in [-0.2, -0.15) is 4.39 Å². The zero-order valence-electron chi connectivity index (χ0n) is 11.9. The van der Waals surface area contributed by atoms with Crippen molar-refractivity contribution in [1.82, 2.24) is 9.38 Å². The Balaban J connectivity index is 1.70. The van der Waals surface area contributed by atoms with Gasteiger partial charge in [-0.15, -0.1) is 0 Å². The van der Waals surface area contributed by atoms with E-state index in [0.717, 1.165) is 0 Å². The van der Waals surface area contributed by atoms with E-state index in [9.17, 15) is 9.50 Å². The number of phenolic OH excluding ortho intramolecular Hbond substituents is 1. The van der Waals surface area contributed by atoms with E-state index < -0.39 is 5.95 Å². The molecule has 0 atom stereocenters. The molecule has 3 aromatic rings. The summed E-state index contributed by atoms with van der Waals surface area (Å²) in [4.78, 5) is 4.31. The molecular weight excluding hydrogens is 283 g/mol. The first-order valence-corrected chi connectivity index (χ1v) is 7.30. The molecule has 1 saturated carbocycles. The highest BCUT2D eigenvalue weighted by Gasteiger charge is 2.22. The molecule has 0 bridgehead atoms. The quantitative estimate of drug-likeness (QED) is 0.800. The molecule has 22 heavy (non-hydrogen) atoms. The van der Waals surface area contributed by atoms with Gasteiger partial charge in [0.25, 0.3) is 0 Å². The summed E-state index contributed by atoms with van der Waals surface area (Å²) in [6, 6.07) is 9.88. The van der Waals surface area contributed by atoms with Crippen molar-refractivity contribution in [2.45, 2.75) is 12.8 Å². The summed E-state index contributed by atoms with van der Waals surface area (Å²) < 4.78 is 21.7. The van der Waals surface area contributed by atoms with Gasteiger partial charge in [0.1, 0.15) is 22.8 Å². The number of aromatic hydroxyl groups is 1. The number of pyridine rings is 1. The summed E-state index contributed by atoms with van der Waals surface area (Å²) in [5.74, 6) is 1.00. The van der Waals surface area contributed by atoms with Crippen LogP contribution in [0.4, 0.5) is 4.39 Å². The first kappa shape index (κ1) is 13.1. The number of benzene rings is 1. The van der Waals surface area contributed by atoms with Crippen LogP contribution >= 0.6 is 0 Å². The molecule has 0 saturated heterocycles. The number of hydrogen-bond acceptors (Lipinski definition) is 3. The fourth-order valence-corrected chi connectivity index (χ4v) is 2.38. The maximum Gasteiger partial charge on any atom is 0.226 e. The van der Waals surface area contributed by atoms with Gasteiger partial charge in [-0.3, -0.25) is 4.40 Å². The predicted molar refractivity (Wildman–Crippen MR) is 80.5 cm³/mol. The van der Waals surface area contributed by atoms with Crippen LogP contribution in [0, 0.1) is 11.9 Å². The van der Waals surface area contributed by atoms with E-state index in [0.29, 0.717) is 29.5 Å². The Morgan fingerprint density at radius 3 is 2.68 bits per heavy atom. The number of aromatic nitrogens is 2. The molecule has 1 aliphatic rings. The van der Waals surface area contributed by atoms with E-state index >= 15 is 0 Å². The maximum absolute atomic E-state index is 14.6. The summed E-state index contributed by atoms with van der Waals surface area (Å²) in [6.45, 7) is 0.687. The Bertz CT molecular complexity index is 823. The van der Waals surface area contributed by atoms with E-state index in [-0.39, 0.29) is 11.4 Å². The Morgan fingerprint density at radius 1 is 1.18 bits per heavy atom. The van der Waals surface area contributed by atoms with Gasteiger partial charge in [0, 0.05) is 5.56 Å². The van der Waals surface area contributed by atoms with E-state index in [4.69, 9.17) is 4.74 Å². The lowest BCUT2D eigenvalue weighted by Crippen LogP contribution is -2.00. The highest BCUT2D eigenvalue weighted by atomic mass is 19.1. The standard InChI is InChI=1S/C17H15FN2O2/c18-17-16(12-3-5-13(21)6-4-12)19-15-8-7-14(9-20(15)17)22-10-11-1-2-11/h3-9,11,21H,1-2,10H2. The lowest BCUT2D eigenvalue weighted by molar-refractivity contribution is 0.298. The van der Waals surface area contributed by atoms with Gasteiger partial charge in [0.05, 0.1) is 12.8 Å². The molecule has 2 aromatic heterocycles. The second-order valence-electron chi connectivity index (χ2n) is 5.65. The molecule has 112 valence electrons. The summed E-state index contributed by atoms with van der Waals surface area (Å²) in [5, 5.41) is 9.32. The van der Waals surface area contributed by atoms with Crippen molar-refractivity contribution in [1.29, 1.82) is 0 Å². The molecule has 2 heterocycles. The van der Waals surface area contributed by atoms with Crippen molar-refractivity contribution in [3.8, 4) is 22.8 Å². The first-order chi connectivity index (χ1) is 10.7. The lowest BCUT2D eigenvalue weighted by Gasteiger charge is -2.05. The van der Waals surface area contributed by atoms with Crippen molar-refractivity contribution in [2.24, 2.45) is 5.92 Å². The largest absolute Gasteiger partial charge is 0.508 e. The molecule has 0 unspecified atom stereocenters. The number of rotatable bonds is 4. The summed E-state index contributed by atoms with van der Waals surface area (Å²) >= 11 is 0. The van der Waals surface area contributed by atoms with Crippen LogP contribution in [0.25, 0.3) is 16.9 Å². The molecule has 4 rings (SSSR count). The number of fused-ring (bicyclic) bond motifs is 1. The predicted octanol–water partition coefficient (Wildman–Crippen LogP) is 3.63. The lowest BCUT2D eigenvalue weighted by atomic mass is 10.1. The SMILES string of the molecule is Oc1ccc(-c2nc3ccc(OCC4CC4)cn3c2F)cc1. The van der Waals surface area contributed by atoms with Crippen LogP contribution in [0.1, 0.15) is 12.8 Å². The molecule has 1 N–H and O–H groups in total. The van der Waals surface area contributed by atoms with Crippen LogP contribution in [0.2, 0.25) is 0 Å². The van der Waals surface area contributed by atoms with Crippen LogP contribution in [-0.2, 0) is 0 Å². The number of halogens is 1. The second kappa shape index (κ2) is 5.02. The van der Waals surface area contributed by atoms with Gasteiger partial charge in [-0.1, -0.05) is 0 Å². The minimum Gasteiger partial charge on any atom is -0.508 e. The summed E-state index contributed by atoms with van der Waals surface area (Å²) in [6.07, 6.45) is 4.06. The molecule has 0 radical (unpaired) electrons. The third-order valence-electron chi connectivity index (χ3n) is 3.86. The van der Waals surface area contributed by atoms with Gasteiger partial charge in [-0.05, 0) is 55.2 Å². The minimum atomic E-state index is -0.433. The van der Waals surface area contributed by atoms with Crippen molar-refractivity contribution in [3.63, 3.8) is 0 Å². The van der Waals surface area contributed by atoms with Crippen molar-refractivity contribution < 1.29 is 14.2 Å². The molecular formula is C17H15FN2O2. The molecule has 0 aliphatic heterocycles. The molecule has 1 fully saturated rings. The number of ether oxygens (including phenoxy) is 1. The third-order valence-corrected chi connectivity index (χ3v) is 3.86. The van der Waals surface area contributed by atoms with Crippen molar-refractivity contribution >= 4 is 5.65 Å². The second-order valence-corrected chi connectivity index (χ2v) is 5.65. The third kappa shape index (κ3) is 2.39. The Morgan fingerprint density at radius 2 is 1.95 bits per heavy atom. The van der Waals surface area contributed by atoms with Gasteiger partial charge in [0.2, 0.25) is 5.95 Å². The van der Waals surface area contributed by atoms with E-state index in [2.05, 4.69) is 4.98 Å². The molecule has 4 nitrogen and oxygen atoms in total. The number of hydrogen-bond donors (Lipinski definition) is 1. The van der Waals surface area contributed by atoms with Crippen LogP contribution < -0.4 is 4.74 Å². The number of phenols is 1. The van der Waals surface area contributed by atoms with Gasteiger partial charge < -0.3 is 9.84 Å². The monoisotopic (exact) mass is 298 g/mol. The average molecular weight is 298 g/mol. The Labute approximate surface area is 126 Å². The van der Waals surface area contributed by atoms with Gasteiger partial charge >= 0.3 is 0 Å². The molecule has 1 aromatic carbocycles. The number of nitrogens with zero attached hydrogens (tertiary/aromatic N) is 2. The van der Waals surface area contributed by atoms with E-state index in [1.807, 2.05) is 6.07 Å². The zero-order chi connectivity index (χ0) is 15.1. The fraction of sp³-hybridized carbons (Fsp3) is 0.235. The van der Waals surface area contributed by atoms with Crippen LogP contribution in [0.5, 0.6) is 11.5 Å². The average Bonchev–Trinajstić information content (AvgIpc) is 3.31. The molecule has 0 spiro atoms. The summed E-state index contributed by atoms with van der Waals surface area (Å²) in [5.41, 5.74) is 1.41. The maximum atomic E-state index is 14.6. The summed E-state index contributed by atoms with van der Waals surface area (Å²) in [7, 11) is 0. The van der Waals surface area contributed by atoms with E-state index in [1.54, 1.807) is 24.4 Å². The minimum absolute atomic E-state index is 0.142. The van der Waals surface area contributed by atoms with E-state index in [1.165, 1.54) is 29.4 Å². The van der Waals surface area contributed by atoms with Crippen LogP contribution in [-0.4, -0.2) is 21.1 Å². The molecule has 5 heteroatoms. The molecule has 1 aliphatic carbocycles. The highest BCUT2D eigenvalue weighted by molar-refractivity contribution is 5.64. The zero-order valence-corrected chi connectivity index (χ0v) is 11.9. The Kier molecular flexibility index (Phi) is 2.99. The van der Waals surface area contributed by atoms with Crippen molar-refractivity contribution in [3.05, 3.63) is 48.5 Å². The smallest absolute Gasteiger partial charge is 0.226 e. The van der Waals surface area contributed by atoms with Gasteiger partial charge in [-0.25, -0.2) is 4.98 Å². The highest BCUT2D eigenvalue weighted by Crippen LogP contribution is 2.30. The molecule has 0 amide bonds. The van der Waals surface area contributed by atoms with Gasteiger partial charge in [0.15, 0.2) is 0 Å². The Hall–Kier alpha value is -2.56. The topological polar surface area (TPSA) is 46.8 Å². The van der Waals surface area contributed by atoms with Crippen molar-refractivity contribution in [2.75, 3.05) is 6.61 Å². The fourth-order valence-electron chi connectivity index (χ4n) is 2.38. The van der Waals surface area contributed by atoms with Crippen LogP contribution in [0.3, 0.4) is 0 Å².